The molecule has 0 heterocycles. The lowest BCUT2D eigenvalue weighted by atomic mass is 9.97. The van der Waals surface area contributed by atoms with Crippen LogP contribution in [0.15, 0.2) is 24.1 Å². The zero-order valence-electron chi connectivity index (χ0n) is 7.63. The van der Waals surface area contributed by atoms with Crippen molar-refractivity contribution >= 4 is 5.97 Å². The minimum absolute atomic E-state index is 0.0959. The van der Waals surface area contributed by atoms with Crippen molar-refractivity contribution in [1.82, 2.24) is 0 Å². The fraction of sp³-hybridized carbons (Fsp3) is 0.500. The summed E-state index contributed by atoms with van der Waals surface area (Å²) in [5, 5.41) is 0. The molecule has 0 aromatic heterocycles. The predicted octanol–water partition coefficient (Wildman–Crippen LogP) is 2.37. The summed E-state index contributed by atoms with van der Waals surface area (Å²) in [4.78, 5) is 11.0. The van der Waals surface area contributed by atoms with Gasteiger partial charge < -0.3 is 4.74 Å². The maximum Gasteiger partial charge on any atom is 0.306 e. The normalized spacial score (nSPS) is 21.1. The summed E-state index contributed by atoms with van der Waals surface area (Å²) in [5.74, 6) is -0.341. The van der Waals surface area contributed by atoms with Gasteiger partial charge in [-0.15, -0.1) is 0 Å². The van der Waals surface area contributed by atoms with Crippen molar-refractivity contribution in [1.29, 1.82) is 0 Å². The zero-order chi connectivity index (χ0) is 9.68. The van der Waals surface area contributed by atoms with Crippen molar-refractivity contribution < 1.29 is 13.9 Å². The molecule has 0 saturated carbocycles. The van der Waals surface area contributed by atoms with Gasteiger partial charge in [0.2, 0.25) is 0 Å². The molecular weight excluding hydrogens is 171 g/mol. The highest BCUT2D eigenvalue weighted by Crippen LogP contribution is 2.20. The minimum atomic E-state index is -0.222. The van der Waals surface area contributed by atoms with Gasteiger partial charge in [-0.25, -0.2) is 4.39 Å². The Morgan fingerprint density at radius 2 is 2.54 bits per heavy atom. The summed E-state index contributed by atoms with van der Waals surface area (Å²) >= 11 is 0. The largest absolute Gasteiger partial charge is 0.466 e. The Morgan fingerprint density at radius 1 is 1.77 bits per heavy atom. The molecule has 0 aromatic rings. The van der Waals surface area contributed by atoms with Crippen molar-refractivity contribution in [3.05, 3.63) is 24.1 Å². The molecule has 0 amide bonds. The number of rotatable bonds is 3. The number of allylic oxidation sites excluding steroid dienone is 4. The first-order valence-corrected chi connectivity index (χ1v) is 4.42. The van der Waals surface area contributed by atoms with Crippen LogP contribution in [0, 0.1) is 5.92 Å². The van der Waals surface area contributed by atoms with Crippen molar-refractivity contribution in [2.24, 2.45) is 5.92 Å². The van der Waals surface area contributed by atoms with Crippen molar-refractivity contribution in [2.45, 2.75) is 19.8 Å². The standard InChI is InChI=1S/C10H13FO2/c1-2-13-10(12)7-8-3-5-9(11)6-4-8/h3,5-6,8H,2,4,7H2,1H3. The van der Waals surface area contributed by atoms with E-state index in [9.17, 15) is 9.18 Å². The van der Waals surface area contributed by atoms with Crippen LogP contribution in [0.2, 0.25) is 0 Å². The van der Waals surface area contributed by atoms with Crippen LogP contribution in [-0.2, 0) is 9.53 Å². The lowest BCUT2D eigenvalue weighted by Crippen LogP contribution is -2.10. The first kappa shape index (κ1) is 9.96. The van der Waals surface area contributed by atoms with Gasteiger partial charge in [-0.2, -0.15) is 0 Å². The van der Waals surface area contributed by atoms with E-state index in [4.69, 9.17) is 4.74 Å². The highest BCUT2D eigenvalue weighted by molar-refractivity contribution is 5.70. The highest BCUT2D eigenvalue weighted by atomic mass is 19.1. The maximum absolute atomic E-state index is 12.5. The smallest absolute Gasteiger partial charge is 0.306 e. The molecule has 0 N–H and O–H groups in total. The van der Waals surface area contributed by atoms with E-state index in [-0.39, 0.29) is 17.7 Å². The topological polar surface area (TPSA) is 26.3 Å². The minimum Gasteiger partial charge on any atom is -0.466 e. The lowest BCUT2D eigenvalue weighted by Gasteiger charge is -2.12. The SMILES string of the molecule is CCOC(=O)CC1C=CC(F)=CC1. The van der Waals surface area contributed by atoms with Gasteiger partial charge in [0, 0.05) is 0 Å². The third-order valence-electron chi connectivity index (χ3n) is 1.88. The monoisotopic (exact) mass is 184 g/mol. The third-order valence-corrected chi connectivity index (χ3v) is 1.88. The highest BCUT2D eigenvalue weighted by Gasteiger charge is 2.13. The molecule has 0 spiro atoms. The summed E-state index contributed by atoms with van der Waals surface area (Å²) in [6, 6.07) is 0. The van der Waals surface area contributed by atoms with E-state index in [1.807, 2.05) is 0 Å². The molecule has 2 nitrogen and oxygen atoms in total. The third kappa shape index (κ3) is 3.40. The Morgan fingerprint density at radius 3 is 3.08 bits per heavy atom. The molecule has 0 radical (unpaired) electrons. The summed E-state index contributed by atoms with van der Waals surface area (Å²) < 4.78 is 17.3. The number of carbonyl (C=O) groups excluding carboxylic acids is 1. The average Bonchev–Trinajstić information content (AvgIpc) is 2.09. The van der Waals surface area contributed by atoms with Crippen LogP contribution in [0.5, 0.6) is 0 Å². The summed E-state index contributed by atoms with van der Waals surface area (Å²) in [6.07, 6.45) is 5.53. The van der Waals surface area contributed by atoms with Gasteiger partial charge in [0.25, 0.3) is 0 Å². The Hall–Kier alpha value is -1.12. The Bertz CT molecular complexity index is 243. The van der Waals surface area contributed by atoms with Crippen molar-refractivity contribution in [3.63, 3.8) is 0 Å². The fourth-order valence-corrected chi connectivity index (χ4v) is 1.22. The van der Waals surface area contributed by atoms with E-state index in [0.29, 0.717) is 19.4 Å². The average molecular weight is 184 g/mol. The van der Waals surface area contributed by atoms with E-state index < -0.39 is 0 Å². The van der Waals surface area contributed by atoms with Crippen LogP contribution in [0.1, 0.15) is 19.8 Å². The molecule has 0 bridgehead atoms. The Balaban J connectivity index is 2.32. The first-order chi connectivity index (χ1) is 6.22. The number of ether oxygens (including phenoxy) is 1. The molecule has 0 aliphatic heterocycles. The van der Waals surface area contributed by atoms with Crippen molar-refractivity contribution in [2.75, 3.05) is 6.61 Å². The quantitative estimate of drug-likeness (QED) is 0.629. The summed E-state index contributed by atoms with van der Waals surface area (Å²) in [7, 11) is 0. The van der Waals surface area contributed by atoms with E-state index in [1.165, 1.54) is 12.2 Å². The van der Waals surface area contributed by atoms with E-state index in [2.05, 4.69) is 0 Å². The second kappa shape index (κ2) is 4.80. The van der Waals surface area contributed by atoms with Crippen LogP contribution < -0.4 is 0 Å². The molecule has 72 valence electrons. The molecule has 0 aromatic carbocycles. The molecule has 1 aliphatic rings. The van der Waals surface area contributed by atoms with Crippen LogP contribution in [-0.4, -0.2) is 12.6 Å². The number of hydrogen-bond donors (Lipinski definition) is 0. The molecule has 1 unspecified atom stereocenters. The number of esters is 1. The van der Waals surface area contributed by atoms with Gasteiger partial charge in [-0.05, 0) is 31.4 Å². The van der Waals surface area contributed by atoms with Crippen molar-refractivity contribution in [3.8, 4) is 0 Å². The van der Waals surface area contributed by atoms with Crippen LogP contribution >= 0.6 is 0 Å². The van der Waals surface area contributed by atoms with E-state index in [1.54, 1.807) is 13.0 Å². The zero-order valence-corrected chi connectivity index (χ0v) is 7.63. The van der Waals surface area contributed by atoms with Crippen LogP contribution in [0.25, 0.3) is 0 Å². The van der Waals surface area contributed by atoms with Gasteiger partial charge in [0.15, 0.2) is 0 Å². The Labute approximate surface area is 77.1 Å². The van der Waals surface area contributed by atoms with E-state index in [0.717, 1.165) is 0 Å². The number of carbonyl (C=O) groups is 1. The summed E-state index contributed by atoms with van der Waals surface area (Å²) in [6.45, 7) is 2.17. The van der Waals surface area contributed by atoms with Crippen LogP contribution in [0.4, 0.5) is 4.39 Å². The number of hydrogen-bond acceptors (Lipinski definition) is 2. The Kier molecular flexibility index (Phi) is 3.68. The molecule has 0 fully saturated rings. The molecular formula is C10H13FO2. The second-order valence-corrected chi connectivity index (χ2v) is 2.95. The predicted molar refractivity (Wildman–Crippen MR) is 47.7 cm³/mol. The van der Waals surface area contributed by atoms with Gasteiger partial charge in [-0.3, -0.25) is 4.79 Å². The molecule has 0 saturated heterocycles. The van der Waals surface area contributed by atoms with Gasteiger partial charge >= 0.3 is 5.97 Å². The first-order valence-electron chi connectivity index (χ1n) is 4.42. The molecule has 1 aliphatic carbocycles. The fourth-order valence-electron chi connectivity index (χ4n) is 1.22. The summed E-state index contributed by atoms with van der Waals surface area (Å²) in [5.41, 5.74) is 0. The van der Waals surface area contributed by atoms with Gasteiger partial charge in [-0.1, -0.05) is 6.08 Å². The molecule has 1 atom stereocenters. The van der Waals surface area contributed by atoms with E-state index >= 15 is 0 Å². The van der Waals surface area contributed by atoms with Gasteiger partial charge in [0.1, 0.15) is 5.83 Å². The maximum atomic E-state index is 12.5. The molecule has 13 heavy (non-hydrogen) atoms. The van der Waals surface area contributed by atoms with Gasteiger partial charge in [0.05, 0.1) is 13.0 Å². The molecule has 3 heteroatoms. The van der Waals surface area contributed by atoms with Crippen LogP contribution in [0.3, 0.4) is 0 Å². The molecule has 1 rings (SSSR count). The lowest BCUT2D eigenvalue weighted by molar-refractivity contribution is -0.143. The second-order valence-electron chi connectivity index (χ2n) is 2.95. The number of halogens is 1.